The maximum absolute atomic E-state index is 5.77. The van der Waals surface area contributed by atoms with Crippen molar-refractivity contribution in [1.82, 2.24) is 4.90 Å². The van der Waals surface area contributed by atoms with Gasteiger partial charge in [0.15, 0.2) is 0 Å². The van der Waals surface area contributed by atoms with Crippen molar-refractivity contribution in [3.05, 3.63) is 0 Å². The quantitative estimate of drug-likeness (QED) is 0.735. The average molecular weight is 259 g/mol. The fraction of sp³-hybridized carbons (Fsp3) is 1.00. The summed E-state index contributed by atoms with van der Waals surface area (Å²) < 4.78 is 5.77. The maximum Gasteiger partial charge on any atom is 0.0674 e. The van der Waals surface area contributed by atoms with Crippen molar-refractivity contribution in [2.24, 2.45) is 5.41 Å². The third-order valence-corrected chi connectivity index (χ3v) is 5.10. The molecule has 17 heavy (non-hydrogen) atoms. The molecule has 1 saturated heterocycles. The second-order valence-electron chi connectivity index (χ2n) is 5.50. The zero-order valence-electron chi connectivity index (χ0n) is 11.9. The lowest BCUT2D eigenvalue weighted by Gasteiger charge is -2.44. The van der Waals surface area contributed by atoms with Gasteiger partial charge in [-0.05, 0) is 37.4 Å². The van der Waals surface area contributed by atoms with Crippen molar-refractivity contribution in [3.8, 4) is 0 Å². The largest absolute Gasteiger partial charge is 0.376 e. The Bertz CT molecular complexity index is 210. The van der Waals surface area contributed by atoms with Gasteiger partial charge in [0.1, 0.15) is 0 Å². The minimum absolute atomic E-state index is 0.379. The van der Waals surface area contributed by atoms with E-state index in [0.29, 0.717) is 17.6 Å². The van der Waals surface area contributed by atoms with E-state index >= 15 is 0 Å². The Labute approximate surface area is 113 Å². The lowest BCUT2D eigenvalue weighted by Crippen LogP contribution is -2.52. The Hall–Kier alpha value is 0.270. The average Bonchev–Trinajstić information content (AvgIpc) is 2.36. The monoisotopic (exact) mass is 259 g/mol. The minimum Gasteiger partial charge on any atom is -0.376 e. The highest BCUT2D eigenvalue weighted by atomic mass is 32.1. The molecule has 3 heteroatoms. The molecule has 0 aromatic carbocycles. The Morgan fingerprint density at radius 1 is 1.29 bits per heavy atom. The summed E-state index contributed by atoms with van der Waals surface area (Å²) in [5.41, 5.74) is 0.383. The SMILES string of the molecule is CCC1COC(C)CN1CC(CC)(CC)CS. The van der Waals surface area contributed by atoms with E-state index in [9.17, 15) is 0 Å². The van der Waals surface area contributed by atoms with E-state index in [2.05, 4.69) is 45.2 Å². The summed E-state index contributed by atoms with van der Waals surface area (Å²) in [6.07, 6.45) is 4.00. The van der Waals surface area contributed by atoms with Crippen molar-refractivity contribution in [2.75, 3.05) is 25.4 Å². The normalized spacial score (nSPS) is 27.4. The third-order valence-electron chi connectivity index (χ3n) is 4.43. The third kappa shape index (κ3) is 3.87. The van der Waals surface area contributed by atoms with Crippen molar-refractivity contribution < 1.29 is 4.74 Å². The molecular weight excluding hydrogens is 230 g/mol. The minimum atomic E-state index is 0.379. The first-order valence-electron chi connectivity index (χ1n) is 7.07. The smallest absolute Gasteiger partial charge is 0.0674 e. The van der Waals surface area contributed by atoms with Crippen LogP contribution >= 0.6 is 12.6 Å². The van der Waals surface area contributed by atoms with Gasteiger partial charge < -0.3 is 4.74 Å². The molecule has 2 nitrogen and oxygen atoms in total. The van der Waals surface area contributed by atoms with Crippen LogP contribution in [0.2, 0.25) is 0 Å². The van der Waals surface area contributed by atoms with E-state index in [0.717, 1.165) is 18.9 Å². The molecule has 0 bridgehead atoms. The first kappa shape index (κ1) is 15.3. The van der Waals surface area contributed by atoms with Crippen molar-refractivity contribution >= 4 is 12.6 Å². The number of ether oxygens (including phenoxy) is 1. The van der Waals surface area contributed by atoms with Gasteiger partial charge in [0.25, 0.3) is 0 Å². The molecule has 1 rings (SSSR count). The predicted molar refractivity (Wildman–Crippen MR) is 77.9 cm³/mol. The van der Waals surface area contributed by atoms with Crippen molar-refractivity contribution in [3.63, 3.8) is 0 Å². The topological polar surface area (TPSA) is 12.5 Å². The summed E-state index contributed by atoms with van der Waals surface area (Å²) in [6.45, 7) is 12.2. The summed E-state index contributed by atoms with van der Waals surface area (Å²) in [4.78, 5) is 2.64. The van der Waals surface area contributed by atoms with Gasteiger partial charge >= 0.3 is 0 Å². The van der Waals surface area contributed by atoms with Crippen LogP contribution < -0.4 is 0 Å². The van der Waals surface area contributed by atoms with Gasteiger partial charge in [-0.15, -0.1) is 0 Å². The molecule has 2 atom stereocenters. The summed E-state index contributed by atoms with van der Waals surface area (Å²) in [5, 5.41) is 0. The van der Waals surface area contributed by atoms with Gasteiger partial charge in [0.2, 0.25) is 0 Å². The fourth-order valence-electron chi connectivity index (χ4n) is 2.66. The zero-order valence-corrected chi connectivity index (χ0v) is 12.8. The van der Waals surface area contributed by atoms with Gasteiger partial charge in [-0.25, -0.2) is 0 Å². The maximum atomic E-state index is 5.77. The van der Waals surface area contributed by atoms with E-state index < -0.39 is 0 Å². The summed E-state index contributed by atoms with van der Waals surface area (Å²) in [5.74, 6) is 0.988. The van der Waals surface area contributed by atoms with Gasteiger partial charge in [0, 0.05) is 19.1 Å². The predicted octanol–water partition coefficient (Wildman–Crippen LogP) is 3.22. The van der Waals surface area contributed by atoms with E-state index in [1.165, 1.54) is 25.8 Å². The second-order valence-corrected chi connectivity index (χ2v) is 5.82. The number of nitrogens with zero attached hydrogens (tertiary/aromatic N) is 1. The van der Waals surface area contributed by atoms with Crippen LogP contribution in [-0.2, 0) is 4.74 Å². The molecule has 0 aromatic rings. The van der Waals surface area contributed by atoms with E-state index in [1.54, 1.807) is 0 Å². The highest BCUT2D eigenvalue weighted by Crippen LogP contribution is 2.31. The van der Waals surface area contributed by atoms with Crippen molar-refractivity contribution in [1.29, 1.82) is 0 Å². The zero-order chi connectivity index (χ0) is 12.9. The van der Waals surface area contributed by atoms with Crippen LogP contribution in [0.1, 0.15) is 47.0 Å². The highest BCUT2D eigenvalue weighted by molar-refractivity contribution is 7.80. The molecule has 1 fully saturated rings. The molecule has 0 radical (unpaired) electrons. The number of rotatable bonds is 6. The number of thiol groups is 1. The van der Waals surface area contributed by atoms with Crippen LogP contribution in [0.3, 0.4) is 0 Å². The number of morpholine rings is 1. The van der Waals surface area contributed by atoms with Crippen LogP contribution in [0.5, 0.6) is 0 Å². The van der Waals surface area contributed by atoms with E-state index in [4.69, 9.17) is 4.74 Å². The molecule has 0 amide bonds. The second kappa shape index (κ2) is 7.01. The fourth-order valence-corrected chi connectivity index (χ4v) is 3.21. The Balaban J connectivity index is 2.68. The molecule has 2 unspecified atom stereocenters. The van der Waals surface area contributed by atoms with Crippen LogP contribution in [-0.4, -0.2) is 42.5 Å². The Kier molecular flexibility index (Phi) is 6.32. The number of hydrogen-bond donors (Lipinski definition) is 1. The lowest BCUT2D eigenvalue weighted by atomic mass is 9.83. The van der Waals surface area contributed by atoms with Gasteiger partial charge in [-0.3, -0.25) is 4.90 Å². The molecule has 0 N–H and O–H groups in total. The van der Waals surface area contributed by atoms with Crippen LogP contribution in [0.25, 0.3) is 0 Å². The molecule has 0 spiro atoms. The first-order valence-corrected chi connectivity index (χ1v) is 7.70. The Morgan fingerprint density at radius 3 is 2.41 bits per heavy atom. The molecule has 1 aliphatic heterocycles. The highest BCUT2D eigenvalue weighted by Gasteiger charge is 2.33. The summed E-state index contributed by atoms with van der Waals surface area (Å²) in [7, 11) is 0. The summed E-state index contributed by atoms with van der Waals surface area (Å²) in [6, 6.07) is 0.601. The van der Waals surface area contributed by atoms with Crippen molar-refractivity contribution in [2.45, 2.75) is 59.1 Å². The van der Waals surface area contributed by atoms with Crippen LogP contribution in [0, 0.1) is 5.41 Å². The molecule has 0 aromatic heterocycles. The van der Waals surface area contributed by atoms with Gasteiger partial charge in [-0.1, -0.05) is 20.8 Å². The lowest BCUT2D eigenvalue weighted by molar-refractivity contribution is -0.0681. The first-order chi connectivity index (χ1) is 8.10. The Morgan fingerprint density at radius 2 is 1.94 bits per heavy atom. The molecular formula is C14H29NOS. The molecule has 102 valence electrons. The standard InChI is InChI=1S/C14H29NOS/c1-5-13-9-16-12(4)8-15(13)10-14(6-2,7-3)11-17/h12-13,17H,5-11H2,1-4H3. The van der Waals surface area contributed by atoms with Gasteiger partial charge in [0.05, 0.1) is 12.7 Å². The van der Waals surface area contributed by atoms with E-state index in [1.807, 2.05) is 0 Å². The molecule has 1 aliphatic rings. The van der Waals surface area contributed by atoms with Crippen LogP contribution in [0.15, 0.2) is 0 Å². The summed E-state index contributed by atoms with van der Waals surface area (Å²) >= 11 is 4.58. The van der Waals surface area contributed by atoms with E-state index in [-0.39, 0.29) is 0 Å². The van der Waals surface area contributed by atoms with Crippen LogP contribution in [0.4, 0.5) is 0 Å². The molecule has 0 saturated carbocycles. The van der Waals surface area contributed by atoms with Gasteiger partial charge in [-0.2, -0.15) is 12.6 Å². The number of hydrogen-bond acceptors (Lipinski definition) is 3. The molecule has 0 aliphatic carbocycles. The molecule has 1 heterocycles.